The van der Waals surface area contributed by atoms with Gasteiger partial charge in [0.15, 0.2) is 5.15 Å². The Morgan fingerprint density at radius 3 is 2.77 bits per heavy atom. The standard InChI is InChI=1S/C9H6ClFN2/c10-9-4-5-13(12-9)8-3-1-2-7(11)6-8/h1-6H. The molecule has 0 aliphatic rings. The van der Waals surface area contributed by atoms with Gasteiger partial charge in [-0.3, -0.25) is 0 Å². The minimum absolute atomic E-state index is 0.288. The van der Waals surface area contributed by atoms with Gasteiger partial charge in [0.2, 0.25) is 0 Å². The second-order valence-corrected chi connectivity index (χ2v) is 2.95. The molecular formula is C9H6ClFN2. The summed E-state index contributed by atoms with van der Waals surface area (Å²) in [4.78, 5) is 0. The highest BCUT2D eigenvalue weighted by molar-refractivity contribution is 6.29. The molecule has 0 aliphatic carbocycles. The zero-order chi connectivity index (χ0) is 9.26. The van der Waals surface area contributed by atoms with Gasteiger partial charge in [0.1, 0.15) is 5.82 Å². The van der Waals surface area contributed by atoms with Crippen molar-refractivity contribution in [2.45, 2.75) is 0 Å². The molecular weight excluding hydrogens is 191 g/mol. The topological polar surface area (TPSA) is 17.8 Å². The van der Waals surface area contributed by atoms with Crippen LogP contribution in [-0.4, -0.2) is 9.78 Å². The minimum Gasteiger partial charge on any atom is -0.239 e. The van der Waals surface area contributed by atoms with Gasteiger partial charge in [0, 0.05) is 6.20 Å². The van der Waals surface area contributed by atoms with Gasteiger partial charge in [-0.1, -0.05) is 17.7 Å². The molecule has 0 amide bonds. The predicted molar refractivity (Wildman–Crippen MR) is 48.5 cm³/mol. The first kappa shape index (κ1) is 8.26. The molecule has 0 N–H and O–H groups in total. The van der Waals surface area contributed by atoms with Crippen molar-refractivity contribution in [2.75, 3.05) is 0 Å². The van der Waals surface area contributed by atoms with Gasteiger partial charge in [-0.15, -0.1) is 0 Å². The number of aromatic nitrogens is 2. The van der Waals surface area contributed by atoms with Crippen LogP contribution in [0, 0.1) is 5.82 Å². The lowest BCUT2D eigenvalue weighted by Crippen LogP contribution is -1.94. The Kier molecular flexibility index (Phi) is 2.02. The molecule has 0 aliphatic heterocycles. The van der Waals surface area contributed by atoms with Crippen molar-refractivity contribution in [3.63, 3.8) is 0 Å². The summed E-state index contributed by atoms with van der Waals surface area (Å²) in [5.74, 6) is -0.288. The molecule has 1 aromatic heterocycles. The molecule has 1 aromatic carbocycles. The molecule has 1 heterocycles. The largest absolute Gasteiger partial charge is 0.239 e. The van der Waals surface area contributed by atoms with Crippen LogP contribution in [0.2, 0.25) is 5.15 Å². The van der Waals surface area contributed by atoms with E-state index in [2.05, 4.69) is 5.10 Å². The van der Waals surface area contributed by atoms with Crippen LogP contribution in [0.5, 0.6) is 0 Å². The van der Waals surface area contributed by atoms with Crippen molar-refractivity contribution in [3.8, 4) is 5.69 Å². The van der Waals surface area contributed by atoms with Crippen LogP contribution < -0.4 is 0 Å². The van der Waals surface area contributed by atoms with Crippen LogP contribution in [0.25, 0.3) is 5.69 Å². The van der Waals surface area contributed by atoms with Crippen LogP contribution in [0.3, 0.4) is 0 Å². The summed E-state index contributed by atoms with van der Waals surface area (Å²) in [5.41, 5.74) is 0.659. The summed E-state index contributed by atoms with van der Waals surface area (Å²) < 4.78 is 14.3. The summed E-state index contributed by atoms with van der Waals surface area (Å²) in [5, 5.41) is 4.33. The fourth-order valence-corrected chi connectivity index (χ4v) is 1.20. The van der Waals surface area contributed by atoms with E-state index in [1.54, 1.807) is 24.4 Å². The van der Waals surface area contributed by atoms with Crippen LogP contribution in [-0.2, 0) is 0 Å². The first-order valence-corrected chi connectivity index (χ1v) is 4.10. The summed E-state index contributed by atoms with van der Waals surface area (Å²) in [6, 6.07) is 7.80. The third kappa shape index (κ3) is 1.70. The number of halogens is 2. The number of benzene rings is 1. The van der Waals surface area contributed by atoms with Crippen LogP contribution in [0.4, 0.5) is 4.39 Å². The van der Waals surface area contributed by atoms with E-state index in [-0.39, 0.29) is 5.82 Å². The smallest absolute Gasteiger partial charge is 0.151 e. The molecule has 0 atom stereocenters. The van der Waals surface area contributed by atoms with Gasteiger partial charge in [-0.05, 0) is 24.3 Å². The van der Waals surface area contributed by atoms with E-state index in [1.807, 2.05) is 0 Å². The number of rotatable bonds is 1. The van der Waals surface area contributed by atoms with Gasteiger partial charge < -0.3 is 0 Å². The van der Waals surface area contributed by atoms with E-state index in [4.69, 9.17) is 11.6 Å². The highest BCUT2D eigenvalue weighted by Gasteiger charge is 1.99. The first-order chi connectivity index (χ1) is 6.25. The number of hydrogen-bond acceptors (Lipinski definition) is 1. The van der Waals surface area contributed by atoms with E-state index in [9.17, 15) is 4.39 Å². The zero-order valence-electron chi connectivity index (χ0n) is 6.61. The van der Waals surface area contributed by atoms with Gasteiger partial charge >= 0.3 is 0 Å². The predicted octanol–water partition coefficient (Wildman–Crippen LogP) is 2.66. The van der Waals surface area contributed by atoms with E-state index in [0.717, 1.165) is 0 Å². The van der Waals surface area contributed by atoms with E-state index in [0.29, 0.717) is 10.8 Å². The molecule has 0 fully saturated rings. The molecule has 2 aromatic rings. The lowest BCUT2D eigenvalue weighted by atomic mass is 10.3. The van der Waals surface area contributed by atoms with E-state index in [1.165, 1.54) is 16.8 Å². The van der Waals surface area contributed by atoms with Crippen LogP contribution >= 0.6 is 11.6 Å². The average Bonchev–Trinajstić information content (AvgIpc) is 2.52. The van der Waals surface area contributed by atoms with Crippen LogP contribution in [0.15, 0.2) is 36.5 Å². The van der Waals surface area contributed by atoms with Gasteiger partial charge in [-0.25, -0.2) is 9.07 Å². The quantitative estimate of drug-likeness (QED) is 0.686. The van der Waals surface area contributed by atoms with E-state index >= 15 is 0 Å². The van der Waals surface area contributed by atoms with Crippen molar-refractivity contribution in [1.82, 2.24) is 9.78 Å². The van der Waals surface area contributed by atoms with Gasteiger partial charge in [-0.2, -0.15) is 5.10 Å². The molecule has 0 unspecified atom stereocenters. The van der Waals surface area contributed by atoms with Crippen molar-refractivity contribution in [1.29, 1.82) is 0 Å². The van der Waals surface area contributed by atoms with Crippen molar-refractivity contribution < 1.29 is 4.39 Å². The maximum absolute atomic E-state index is 12.8. The second kappa shape index (κ2) is 3.18. The fraction of sp³-hybridized carbons (Fsp3) is 0. The maximum Gasteiger partial charge on any atom is 0.151 e. The third-order valence-corrected chi connectivity index (χ3v) is 1.83. The zero-order valence-corrected chi connectivity index (χ0v) is 7.37. The third-order valence-electron chi connectivity index (χ3n) is 1.63. The maximum atomic E-state index is 12.8. The summed E-state index contributed by atoms with van der Waals surface area (Å²) in [7, 11) is 0. The molecule has 0 saturated carbocycles. The first-order valence-electron chi connectivity index (χ1n) is 3.73. The Balaban J connectivity index is 2.46. The van der Waals surface area contributed by atoms with Crippen LogP contribution in [0.1, 0.15) is 0 Å². The molecule has 4 heteroatoms. The molecule has 13 heavy (non-hydrogen) atoms. The number of nitrogens with zero attached hydrogens (tertiary/aromatic N) is 2. The molecule has 0 saturated heterocycles. The summed E-state index contributed by atoms with van der Waals surface area (Å²) >= 11 is 5.62. The van der Waals surface area contributed by atoms with Crippen molar-refractivity contribution in [2.24, 2.45) is 0 Å². The fourth-order valence-electron chi connectivity index (χ4n) is 1.06. The minimum atomic E-state index is -0.288. The van der Waals surface area contributed by atoms with E-state index < -0.39 is 0 Å². The molecule has 0 radical (unpaired) electrons. The Labute approximate surface area is 79.6 Å². The van der Waals surface area contributed by atoms with Crippen molar-refractivity contribution >= 4 is 11.6 Å². The Bertz CT molecular complexity index is 425. The monoisotopic (exact) mass is 196 g/mol. The normalized spacial score (nSPS) is 10.3. The summed E-state index contributed by atoms with van der Waals surface area (Å²) in [6.45, 7) is 0. The molecule has 0 bridgehead atoms. The second-order valence-electron chi connectivity index (χ2n) is 2.56. The Morgan fingerprint density at radius 2 is 2.15 bits per heavy atom. The highest BCUT2D eigenvalue weighted by atomic mass is 35.5. The molecule has 2 rings (SSSR count). The molecule has 2 nitrogen and oxygen atoms in total. The molecule has 0 spiro atoms. The number of hydrogen-bond donors (Lipinski definition) is 0. The van der Waals surface area contributed by atoms with Crippen molar-refractivity contribution in [3.05, 3.63) is 47.5 Å². The van der Waals surface area contributed by atoms with Gasteiger partial charge in [0.25, 0.3) is 0 Å². The summed E-state index contributed by atoms with van der Waals surface area (Å²) in [6.07, 6.45) is 1.68. The highest BCUT2D eigenvalue weighted by Crippen LogP contribution is 2.11. The lowest BCUT2D eigenvalue weighted by molar-refractivity contribution is 0.625. The van der Waals surface area contributed by atoms with Gasteiger partial charge in [0.05, 0.1) is 5.69 Å². The SMILES string of the molecule is Fc1cccc(-n2ccc(Cl)n2)c1. The average molecular weight is 197 g/mol. The Hall–Kier alpha value is -1.35. The lowest BCUT2D eigenvalue weighted by Gasteiger charge is -1.99. The molecule has 66 valence electrons. The Morgan fingerprint density at radius 1 is 1.31 bits per heavy atom.